The van der Waals surface area contributed by atoms with Crippen molar-refractivity contribution in [2.75, 3.05) is 5.73 Å². The first-order chi connectivity index (χ1) is 8.15. The van der Waals surface area contributed by atoms with Crippen molar-refractivity contribution >= 4 is 38.1 Å². The quantitative estimate of drug-likeness (QED) is 0.733. The molecule has 1 aromatic carbocycles. The maximum atomic E-state index is 13.1. The van der Waals surface area contributed by atoms with Crippen molar-refractivity contribution in [3.8, 4) is 10.6 Å². The molecule has 3 rings (SSSR count). The van der Waals surface area contributed by atoms with Crippen LogP contribution in [0.4, 0.5) is 9.39 Å². The van der Waals surface area contributed by atoms with Crippen LogP contribution in [-0.4, -0.2) is 9.36 Å². The van der Waals surface area contributed by atoms with Crippen molar-refractivity contribution < 1.29 is 4.39 Å². The minimum Gasteiger partial charge on any atom is -0.389 e. The Morgan fingerprint density at radius 3 is 2.88 bits per heavy atom. The molecular weight excluding hydrogens is 257 g/mol. The Labute approximate surface area is 105 Å². The van der Waals surface area contributed by atoms with Crippen LogP contribution >= 0.6 is 22.9 Å². The number of fused-ring (bicyclic) bond motifs is 1. The lowest BCUT2D eigenvalue weighted by molar-refractivity contribution is 0.630. The second-order valence-corrected chi connectivity index (χ2v) is 5.47. The third kappa shape index (κ3) is 1.69. The smallest absolute Gasteiger partial charge is 0.129 e. The van der Waals surface area contributed by atoms with Gasteiger partial charge in [-0.1, -0.05) is 0 Å². The van der Waals surface area contributed by atoms with E-state index in [1.54, 1.807) is 6.07 Å². The van der Waals surface area contributed by atoms with E-state index in [0.29, 0.717) is 5.00 Å². The fourth-order valence-corrected chi connectivity index (χ4v) is 3.48. The summed E-state index contributed by atoms with van der Waals surface area (Å²) in [5.41, 5.74) is 8.40. The molecule has 0 fully saturated rings. The third-order valence-electron chi connectivity index (χ3n) is 2.45. The van der Waals surface area contributed by atoms with Crippen LogP contribution < -0.4 is 5.73 Å². The highest BCUT2D eigenvalue weighted by molar-refractivity contribution is 7.22. The molecule has 0 radical (unpaired) electrons. The second kappa shape index (κ2) is 3.75. The molecule has 0 atom stereocenters. The van der Waals surface area contributed by atoms with Gasteiger partial charge in [0.05, 0.1) is 21.5 Å². The average molecular weight is 265 g/mol. The Hall–Kier alpha value is -1.53. The van der Waals surface area contributed by atoms with Gasteiger partial charge in [0.2, 0.25) is 0 Å². The molecule has 2 N–H and O–H groups in total. The molecule has 0 bridgehead atoms. The number of nitrogens with two attached hydrogens (primary N) is 1. The molecule has 3 aromatic rings. The lowest BCUT2D eigenvalue weighted by atomic mass is 10.2. The molecule has 2 aromatic heterocycles. The van der Waals surface area contributed by atoms with Gasteiger partial charge >= 0.3 is 0 Å². The predicted octanol–water partition coefficient (Wildman–Crippen LogP) is 3.45. The molecule has 0 saturated carbocycles. The van der Waals surface area contributed by atoms with E-state index in [-0.39, 0.29) is 5.82 Å². The van der Waals surface area contributed by atoms with Gasteiger partial charge in [-0.15, -0.1) is 11.3 Å². The summed E-state index contributed by atoms with van der Waals surface area (Å²) in [6, 6.07) is 4.58. The summed E-state index contributed by atoms with van der Waals surface area (Å²) < 4.78 is 18.1. The molecule has 6 heteroatoms. The summed E-state index contributed by atoms with van der Waals surface area (Å²) >= 11 is 2.69. The molecule has 0 aliphatic carbocycles. The number of anilines is 1. The molecule has 0 aliphatic heterocycles. The number of halogens is 1. The minimum absolute atomic E-state index is 0.249. The first kappa shape index (κ1) is 10.6. The molecular formula is C11H8FN3S2. The lowest BCUT2D eigenvalue weighted by Gasteiger charge is -1.93. The van der Waals surface area contributed by atoms with Gasteiger partial charge < -0.3 is 5.73 Å². The highest BCUT2D eigenvalue weighted by Crippen LogP contribution is 2.37. The molecule has 0 amide bonds. The summed E-state index contributed by atoms with van der Waals surface area (Å²) in [6.07, 6.45) is 0. The van der Waals surface area contributed by atoms with E-state index >= 15 is 0 Å². The monoisotopic (exact) mass is 265 g/mol. The Morgan fingerprint density at radius 1 is 1.35 bits per heavy atom. The Morgan fingerprint density at radius 2 is 2.18 bits per heavy atom. The van der Waals surface area contributed by atoms with E-state index in [0.717, 1.165) is 26.5 Å². The molecule has 2 heterocycles. The van der Waals surface area contributed by atoms with Crippen LogP contribution in [-0.2, 0) is 0 Å². The normalized spacial score (nSPS) is 11.2. The fraction of sp³-hybridized carbons (Fsp3) is 0.0909. The van der Waals surface area contributed by atoms with Gasteiger partial charge in [-0.2, -0.15) is 4.37 Å². The number of hydrogen-bond acceptors (Lipinski definition) is 5. The van der Waals surface area contributed by atoms with Gasteiger partial charge in [0.15, 0.2) is 0 Å². The van der Waals surface area contributed by atoms with E-state index in [2.05, 4.69) is 9.36 Å². The zero-order chi connectivity index (χ0) is 12.0. The standard InChI is InChI=1S/C11H8FN3S2/c1-5-9(10(13)17-15-5)11-14-7-3-2-6(12)4-8(7)16-11/h2-4H,13H2,1H3. The van der Waals surface area contributed by atoms with Crippen LogP contribution in [0.25, 0.3) is 20.8 Å². The number of aromatic nitrogens is 2. The van der Waals surface area contributed by atoms with Gasteiger partial charge in [0, 0.05) is 0 Å². The number of hydrogen-bond donors (Lipinski definition) is 1. The number of thiazole rings is 1. The third-order valence-corrected chi connectivity index (χ3v) is 4.26. The van der Waals surface area contributed by atoms with E-state index in [9.17, 15) is 4.39 Å². The zero-order valence-electron chi connectivity index (χ0n) is 8.90. The van der Waals surface area contributed by atoms with Crippen LogP contribution in [0, 0.1) is 12.7 Å². The van der Waals surface area contributed by atoms with Crippen molar-refractivity contribution in [2.45, 2.75) is 6.92 Å². The molecule has 3 nitrogen and oxygen atoms in total. The minimum atomic E-state index is -0.249. The average Bonchev–Trinajstić information content (AvgIpc) is 2.81. The van der Waals surface area contributed by atoms with Gasteiger partial charge in [-0.25, -0.2) is 9.37 Å². The van der Waals surface area contributed by atoms with Crippen molar-refractivity contribution in [1.29, 1.82) is 0 Å². The maximum absolute atomic E-state index is 13.1. The maximum Gasteiger partial charge on any atom is 0.129 e. The van der Waals surface area contributed by atoms with Crippen molar-refractivity contribution in [1.82, 2.24) is 9.36 Å². The van der Waals surface area contributed by atoms with Crippen LogP contribution in [0.3, 0.4) is 0 Å². The lowest BCUT2D eigenvalue weighted by Crippen LogP contribution is -1.84. The number of nitrogen functional groups attached to an aromatic ring is 1. The SMILES string of the molecule is Cc1nsc(N)c1-c1nc2ccc(F)cc2s1. The summed E-state index contributed by atoms with van der Waals surface area (Å²) in [7, 11) is 0. The van der Waals surface area contributed by atoms with Gasteiger partial charge in [0.1, 0.15) is 15.8 Å². The Kier molecular flexibility index (Phi) is 2.34. The van der Waals surface area contributed by atoms with E-state index < -0.39 is 0 Å². The van der Waals surface area contributed by atoms with E-state index in [4.69, 9.17) is 5.73 Å². The van der Waals surface area contributed by atoms with Crippen LogP contribution in [0.15, 0.2) is 18.2 Å². The molecule has 0 saturated heterocycles. The van der Waals surface area contributed by atoms with Gasteiger partial charge in [-0.3, -0.25) is 0 Å². The molecule has 0 spiro atoms. The first-order valence-corrected chi connectivity index (χ1v) is 6.52. The molecule has 0 unspecified atom stereocenters. The summed E-state index contributed by atoms with van der Waals surface area (Å²) in [5.74, 6) is -0.249. The summed E-state index contributed by atoms with van der Waals surface area (Å²) in [6.45, 7) is 1.90. The van der Waals surface area contributed by atoms with Crippen LogP contribution in [0.1, 0.15) is 5.69 Å². The van der Waals surface area contributed by atoms with Gasteiger partial charge in [0.25, 0.3) is 0 Å². The number of aryl methyl sites for hydroxylation is 1. The predicted molar refractivity (Wildman–Crippen MR) is 69.8 cm³/mol. The number of rotatable bonds is 1. The number of nitrogens with zero attached hydrogens (tertiary/aromatic N) is 2. The Balaban J connectivity index is 2.25. The first-order valence-electron chi connectivity index (χ1n) is 4.93. The fourth-order valence-electron chi connectivity index (χ4n) is 1.65. The largest absolute Gasteiger partial charge is 0.389 e. The topological polar surface area (TPSA) is 51.8 Å². The second-order valence-electron chi connectivity index (χ2n) is 3.64. The zero-order valence-corrected chi connectivity index (χ0v) is 10.5. The highest BCUT2D eigenvalue weighted by Gasteiger charge is 2.15. The molecule has 86 valence electrons. The number of benzene rings is 1. The summed E-state index contributed by atoms with van der Waals surface area (Å²) in [5, 5.41) is 1.45. The van der Waals surface area contributed by atoms with E-state index in [1.807, 2.05) is 6.92 Å². The van der Waals surface area contributed by atoms with E-state index in [1.165, 1.54) is 35.0 Å². The van der Waals surface area contributed by atoms with Crippen molar-refractivity contribution in [3.63, 3.8) is 0 Å². The van der Waals surface area contributed by atoms with Crippen LogP contribution in [0.2, 0.25) is 0 Å². The van der Waals surface area contributed by atoms with Crippen molar-refractivity contribution in [2.24, 2.45) is 0 Å². The Bertz CT molecular complexity index is 682. The molecule has 17 heavy (non-hydrogen) atoms. The van der Waals surface area contributed by atoms with Gasteiger partial charge in [-0.05, 0) is 36.7 Å². The van der Waals surface area contributed by atoms with Crippen LogP contribution in [0.5, 0.6) is 0 Å². The molecule has 0 aliphatic rings. The highest BCUT2D eigenvalue weighted by atomic mass is 32.1. The summed E-state index contributed by atoms with van der Waals surface area (Å²) in [4.78, 5) is 4.46. The van der Waals surface area contributed by atoms with Crippen molar-refractivity contribution in [3.05, 3.63) is 29.7 Å².